The van der Waals surface area contributed by atoms with Crippen LogP contribution in [0.1, 0.15) is 34.5 Å². The van der Waals surface area contributed by atoms with Gasteiger partial charge >= 0.3 is 0 Å². The summed E-state index contributed by atoms with van der Waals surface area (Å²) in [6.45, 7) is 1.40. The molecule has 1 saturated heterocycles. The Kier molecular flexibility index (Phi) is 8.50. The lowest BCUT2D eigenvalue weighted by Crippen LogP contribution is -2.38. The number of benzene rings is 2. The van der Waals surface area contributed by atoms with Crippen LogP contribution in [0.3, 0.4) is 0 Å². The number of aromatic nitrogens is 2. The van der Waals surface area contributed by atoms with E-state index >= 15 is 0 Å². The third kappa shape index (κ3) is 6.18. The molecule has 1 aromatic heterocycles. The largest absolute Gasteiger partial charge is 0.383 e. The molecule has 0 bridgehead atoms. The third-order valence-electron chi connectivity index (χ3n) is 6.09. The van der Waals surface area contributed by atoms with E-state index in [-0.39, 0.29) is 48.8 Å². The number of carbonyl (C=O) groups excluding carboxylic acids is 1. The van der Waals surface area contributed by atoms with Gasteiger partial charge in [-0.2, -0.15) is 0 Å². The monoisotopic (exact) mass is 515 g/mol. The Labute approximate surface area is 210 Å². The molecule has 1 aliphatic heterocycles. The molecule has 0 unspecified atom stereocenters. The number of imidazole rings is 1. The van der Waals surface area contributed by atoms with Gasteiger partial charge in [0.15, 0.2) is 0 Å². The highest BCUT2D eigenvalue weighted by Crippen LogP contribution is 2.22. The highest BCUT2D eigenvalue weighted by atomic mass is 32.2. The Morgan fingerprint density at radius 1 is 1.19 bits per heavy atom. The summed E-state index contributed by atoms with van der Waals surface area (Å²) < 4.78 is 53.6. The highest BCUT2D eigenvalue weighted by molar-refractivity contribution is 7.90. The van der Waals surface area contributed by atoms with Crippen molar-refractivity contribution in [3.63, 3.8) is 0 Å². The molecule has 1 aliphatic rings. The van der Waals surface area contributed by atoms with E-state index in [4.69, 9.17) is 9.47 Å². The van der Waals surface area contributed by atoms with Gasteiger partial charge in [0.05, 0.1) is 42.5 Å². The summed E-state index contributed by atoms with van der Waals surface area (Å²) >= 11 is 0. The molecule has 1 fully saturated rings. The van der Waals surface area contributed by atoms with Gasteiger partial charge in [0.2, 0.25) is 15.0 Å². The lowest BCUT2D eigenvalue weighted by Gasteiger charge is -2.26. The molecule has 0 N–H and O–H groups in total. The molecule has 10 heteroatoms. The third-order valence-corrected chi connectivity index (χ3v) is 7.69. The number of rotatable bonds is 11. The van der Waals surface area contributed by atoms with Crippen LogP contribution >= 0.6 is 0 Å². The van der Waals surface area contributed by atoms with Crippen LogP contribution in [-0.2, 0) is 38.2 Å². The first-order valence-corrected chi connectivity index (χ1v) is 13.5. The second-order valence-corrected chi connectivity index (χ2v) is 10.6. The molecule has 8 nitrogen and oxygen atoms in total. The van der Waals surface area contributed by atoms with Crippen LogP contribution in [0.2, 0.25) is 0 Å². The fourth-order valence-corrected chi connectivity index (χ4v) is 5.82. The second kappa shape index (κ2) is 11.8. The van der Waals surface area contributed by atoms with Crippen LogP contribution in [0.15, 0.2) is 66.0 Å². The molecule has 3 aromatic rings. The predicted molar refractivity (Wildman–Crippen MR) is 132 cm³/mol. The zero-order valence-corrected chi connectivity index (χ0v) is 21.0. The first kappa shape index (κ1) is 26.0. The van der Waals surface area contributed by atoms with Crippen molar-refractivity contribution < 1.29 is 27.1 Å². The van der Waals surface area contributed by atoms with Crippen molar-refractivity contribution in [1.82, 2.24) is 14.5 Å². The Hall–Kier alpha value is -3.08. The molecular weight excluding hydrogens is 485 g/mol. The fraction of sp³-hybridized carbons (Fsp3) is 0.385. The molecule has 1 atom stereocenters. The molecule has 0 radical (unpaired) electrons. The first-order chi connectivity index (χ1) is 17.4. The smallest absolute Gasteiger partial charge is 0.257 e. The van der Waals surface area contributed by atoms with Gasteiger partial charge in [-0.1, -0.05) is 42.5 Å². The van der Waals surface area contributed by atoms with Gasteiger partial charge in [-0.05, 0) is 30.5 Å². The number of sulfone groups is 1. The van der Waals surface area contributed by atoms with E-state index in [0.717, 1.165) is 12.8 Å². The summed E-state index contributed by atoms with van der Waals surface area (Å²) in [4.78, 5) is 19.1. The average molecular weight is 516 g/mol. The van der Waals surface area contributed by atoms with E-state index in [1.807, 2.05) is 6.07 Å². The summed E-state index contributed by atoms with van der Waals surface area (Å²) in [5.41, 5.74) is 1.12. The topological polar surface area (TPSA) is 90.7 Å². The summed E-state index contributed by atoms with van der Waals surface area (Å²) in [7, 11) is -2.25. The fourth-order valence-electron chi connectivity index (χ4n) is 4.30. The quantitative estimate of drug-likeness (QED) is 0.389. The van der Waals surface area contributed by atoms with E-state index in [1.54, 1.807) is 34.9 Å². The maximum atomic E-state index is 14.5. The predicted octanol–water partition coefficient (Wildman–Crippen LogP) is 3.46. The first-order valence-electron chi connectivity index (χ1n) is 11.8. The van der Waals surface area contributed by atoms with E-state index in [1.165, 1.54) is 36.4 Å². The molecule has 36 heavy (non-hydrogen) atoms. The van der Waals surface area contributed by atoms with Crippen LogP contribution in [0.5, 0.6) is 0 Å². The minimum Gasteiger partial charge on any atom is -0.383 e. The van der Waals surface area contributed by atoms with Crippen LogP contribution in [0, 0.1) is 5.82 Å². The lowest BCUT2D eigenvalue weighted by molar-refractivity contribution is 0.0497. The van der Waals surface area contributed by atoms with E-state index < -0.39 is 21.6 Å². The van der Waals surface area contributed by atoms with E-state index in [0.29, 0.717) is 17.9 Å². The molecule has 2 heterocycles. The second-order valence-electron chi connectivity index (χ2n) is 8.72. The zero-order chi connectivity index (χ0) is 25.5. The van der Waals surface area contributed by atoms with Crippen molar-refractivity contribution in [3.05, 3.63) is 83.4 Å². The normalized spacial score (nSPS) is 15.8. The van der Waals surface area contributed by atoms with Gasteiger partial charge < -0.3 is 18.9 Å². The van der Waals surface area contributed by atoms with Crippen LogP contribution < -0.4 is 0 Å². The van der Waals surface area contributed by atoms with Crippen LogP contribution in [-0.4, -0.2) is 61.7 Å². The van der Waals surface area contributed by atoms with Gasteiger partial charge in [0.1, 0.15) is 5.82 Å². The maximum absolute atomic E-state index is 14.5. The van der Waals surface area contributed by atoms with Gasteiger partial charge in [-0.25, -0.2) is 17.8 Å². The summed E-state index contributed by atoms with van der Waals surface area (Å²) in [6.07, 6.45) is 2.98. The van der Waals surface area contributed by atoms with E-state index in [2.05, 4.69) is 4.98 Å². The van der Waals surface area contributed by atoms with Gasteiger partial charge in [0, 0.05) is 26.8 Å². The number of hydrogen-bond donors (Lipinski definition) is 0. The lowest BCUT2D eigenvalue weighted by atomic mass is 10.1. The summed E-state index contributed by atoms with van der Waals surface area (Å²) in [6, 6.07) is 14.7. The van der Waals surface area contributed by atoms with E-state index in [9.17, 15) is 17.6 Å². The van der Waals surface area contributed by atoms with Gasteiger partial charge in [-0.15, -0.1) is 0 Å². The Morgan fingerprint density at radius 2 is 1.94 bits per heavy atom. The number of halogens is 1. The van der Waals surface area contributed by atoms with Crippen molar-refractivity contribution in [2.24, 2.45) is 0 Å². The molecule has 0 saturated carbocycles. The van der Waals surface area contributed by atoms with Crippen LogP contribution in [0.25, 0.3) is 0 Å². The molecule has 2 aromatic carbocycles. The van der Waals surface area contributed by atoms with Crippen molar-refractivity contribution >= 4 is 15.7 Å². The van der Waals surface area contributed by atoms with Crippen molar-refractivity contribution in [1.29, 1.82) is 0 Å². The maximum Gasteiger partial charge on any atom is 0.257 e. The number of methoxy groups -OCH3 is 1. The number of amides is 1. The average Bonchev–Trinajstić information content (AvgIpc) is 3.53. The van der Waals surface area contributed by atoms with Crippen molar-refractivity contribution in [2.75, 3.05) is 26.9 Å². The Balaban J connectivity index is 1.66. The minimum absolute atomic E-state index is 0.0459. The standard InChI is InChI=1S/C26H30FN3O5S/c1-34-15-13-30-21(16-28-26(30)36(32,33)19-20-8-3-2-4-9-20)17-29(18-22-10-7-14-35-22)25(31)23-11-5-6-12-24(23)27/h2-6,8-9,11-12,16,22H,7,10,13-15,17-19H2,1H3/t22-/m1/s1. The number of nitrogens with zero attached hydrogens (tertiary/aromatic N) is 3. The molecule has 4 rings (SSSR count). The van der Waals surface area contributed by atoms with Gasteiger partial charge in [-0.3, -0.25) is 4.79 Å². The molecular formula is C26H30FN3O5S. The Morgan fingerprint density at radius 3 is 2.64 bits per heavy atom. The van der Waals surface area contributed by atoms with Crippen molar-refractivity contribution in [2.45, 2.75) is 42.9 Å². The molecule has 0 spiro atoms. The minimum atomic E-state index is -3.78. The number of hydrogen-bond acceptors (Lipinski definition) is 6. The summed E-state index contributed by atoms with van der Waals surface area (Å²) in [5, 5.41) is -0.0891. The van der Waals surface area contributed by atoms with Crippen molar-refractivity contribution in [3.8, 4) is 0 Å². The Bertz CT molecular complexity index is 1270. The molecule has 1 amide bonds. The molecule has 192 valence electrons. The zero-order valence-electron chi connectivity index (χ0n) is 20.2. The number of ether oxygens (including phenoxy) is 2. The number of carbonyl (C=O) groups is 1. The molecule has 0 aliphatic carbocycles. The summed E-state index contributed by atoms with van der Waals surface area (Å²) in [5.74, 6) is -1.30. The van der Waals surface area contributed by atoms with Crippen LogP contribution in [0.4, 0.5) is 4.39 Å². The highest BCUT2D eigenvalue weighted by Gasteiger charge is 2.29. The van der Waals surface area contributed by atoms with Gasteiger partial charge in [0.25, 0.3) is 5.91 Å². The SMILES string of the molecule is COCCn1c(CN(C[C@H]2CCCO2)C(=O)c2ccccc2F)cnc1S(=O)(=O)Cc1ccccc1.